The highest BCUT2D eigenvalue weighted by atomic mass is 32.1. The molecule has 4 nitrogen and oxygen atoms in total. The molecule has 1 unspecified atom stereocenters. The van der Waals surface area contributed by atoms with Gasteiger partial charge in [0, 0.05) is 12.6 Å². The molecule has 0 aliphatic rings. The van der Waals surface area contributed by atoms with Crippen molar-refractivity contribution in [1.29, 1.82) is 0 Å². The van der Waals surface area contributed by atoms with Gasteiger partial charge in [-0.3, -0.25) is 4.90 Å². The highest BCUT2D eigenvalue weighted by molar-refractivity contribution is 7.20. The van der Waals surface area contributed by atoms with Crippen LogP contribution >= 0.6 is 11.3 Å². The van der Waals surface area contributed by atoms with Crippen LogP contribution in [0.3, 0.4) is 0 Å². The van der Waals surface area contributed by atoms with Crippen molar-refractivity contribution in [2.75, 3.05) is 13.1 Å². The predicted molar refractivity (Wildman–Crippen MR) is 110 cm³/mol. The summed E-state index contributed by atoms with van der Waals surface area (Å²) in [6, 6.07) is 17.0. The Balaban J connectivity index is 1.65. The molecular formula is C21H27N3OS. The quantitative estimate of drug-likeness (QED) is 0.574. The zero-order valence-corrected chi connectivity index (χ0v) is 16.3. The number of para-hydroxylation sites is 1. The zero-order valence-electron chi connectivity index (χ0n) is 15.5. The average Bonchev–Trinajstić information content (AvgIpc) is 3.08. The molecule has 2 aromatic carbocycles. The highest BCUT2D eigenvalue weighted by Gasteiger charge is 2.12. The van der Waals surface area contributed by atoms with Gasteiger partial charge in [0.25, 0.3) is 5.19 Å². The minimum Gasteiger partial charge on any atom is -0.431 e. The SMILES string of the molecule is CCC(C)N(CCCN)Cc1ccc(Oc2nc3ccccc3s2)cc1. The summed E-state index contributed by atoms with van der Waals surface area (Å²) >= 11 is 1.57. The summed E-state index contributed by atoms with van der Waals surface area (Å²) in [5.74, 6) is 0.824. The second-order valence-corrected chi connectivity index (χ2v) is 7.56. The van der Waals surface area contributed by atoms with E-state index in [9.17, 15) is 0 Å². The summed E-state index contributed by atoms with van der Waals surface area (Å²) in [6.45, 7) is 7.23. The van der Waals surface area contributed by atoms with Crippen molar-refractivity contribution >= 4 is 21.6 Å². The van der Waals surface area contributed by atoms with Crippen molar-refractivity contribution in [2.45, 2.75) is 39.3 Å². The van der Waals surface area contributed by atoms with Crippen LogP contribution in [-0.4, -0.2) is 29.0 Å². The predicted octanol–water partition coefficient (Wildman–Crippen LogP) is 5.04. The molecule has 1 atom stereocenters. The Morgan fingerprint density at radius 3 is 2.62 bits per heavy atom. The Morgan fingerprint density at radius 2 is 1.92 bits per heavy atom. The number of nitrogens with two attached hydrogens (primary N) is 1. The summed E-state index contributed by atoms with van der Waals surface area (Å²) in [6.07, 6.45) is 2.17. The fraction of sp³-hybridized carbons (Fsp3) is 0.381. The van der Waals surface area contributed by atoms with Crippen LogP contribution in [-0.2, 0) is 6.54 Å². The largest absolute Gasteiger partial charge is 0.431 e. The van der Waals surface area contributed by atoms with E-state index in [1.807, 2.05) is 30.3 Å². The van der Waals surface area contributed by atoms with Gasteiger partial charge < -0.3 is 10.5 Å². The number of fused-ring (bicyclic) bond motifs is 1. The molecule has 0 aliphatic carbocycles. The van der Waals surface area contributed by atoms with E-state index >= 15 is 0 Å². The highest BCUT2D eigenvalue weighted by Crippen LogP contribution is 2.31. The number of thiazole rings is 1. The summed E-state index contributed by atoms with van der Waals surface area (Å²) in [7, 11) is 0. The number of aromatic nitrogens is 1. The molecule has 3 aromatic rings. The molecule has 2 N–H and O–H groups in total. The monoisotopic (exact) mass is 369 g/mol. The number of benzene rings is 2. The molecular weight excluding hydrogens is 342 g/mol. The molecule has 0 saturated carbocycles. The number of hydrogen-bond acceptors (Lipinski definition) is 5. The molecule has 0 bridgehead atoms. The number of rotatable bonds is 9. The third-order valence-electron chi connectivity index (χ3n) is 4.65. The topological polar surface area (TPSA) is 51.4 Å². The first kappa shape index (κ1) is 18.8. The van der Waals surface area contributed by atoms with Crippen molar-refractivity contribution in [3.63, 3.8) is 0 Å². The van der Waals surface area contributed by atoms with Gasteiger partial charge in [-0.1, -0.05) is 42.5 Å². The Labute approximate surface area is 159 Å². The lowest BCUT2D eigenvalue weighted by molar-refractivity contribution is 0.194. The van der Waals surface area contributed by atoms with Gasteiger partial charge >= 0.3 is 0 Å². The Morgan fingerprint density at radius 1 is 1.15 bits per heavy atom. The first-order valence-electron chi connectivity index (χ1n) is 9.26. The lowest BCUT2D eigenvalue weighted by Gasteiger charge is -2.28. The van der Waals surface area contributed by atoms with Gasteiger partial charge in [-0.05, 0) is 62.7 Å². The van der Waals surface area contributed by atoms with Crippen molar-refractivity contribution < 1.29 is 4.74 Å². The molecule has 0 saturated heterocycles. The maximum absolute atomic E-state index is 5.93. The third-order valence-corrected chi connectivity index (χ3v) is 5.57. The molecule has 1 aromatic heterocycles. The smallest absolute Gasteiger partial charge is 0.279 e. The molecule has 0 spiro atoms. The van der Waals surface area contributed by atoms with Crippen LogP contribution in [0.2, 0.25) is 0 Å². The van der Waals surface area contributed by atoms with Crippen LogP contribution in [0.5, 0.6) is 10.9 Å². The standard InChI is InChI=1S/C21H27N3OS/c1-3-16(2)24(14-6-13-22)15-17-9-11-18(12-10-17)25-21-23-19-7-4-5-8-20(19)26-21/h4-5,7-12,16H,3,6,13-15,22H2,1-2H3. The molecule has 0 fully saturated rings. The maximum atomic E-state index is 5.93. The fourth-order valence-electron chi connectivity index (χ4n) is 2.90. The zero-order chi connectivity index (χ0) is 18.4. The van der Waals surface area contributed by atoms with Crippen LogP contribution in [0, 0.1) is 0 Å². The van der Waals surface area contributed by atoms with Gasteiger partial charge in [0.1, 0.15) is 5.75 Å². The molecule has 3 rings (SSSR count). The van der Waals surface area contributed by atoms with Crippen LogP contribution in [0.25, 0.3) is 10.2 Å². The van der Waals surface area contributed by atoms with E-state index in [2.05, 4.69) is 41.9 Å². The van der Waals surface area contributed by atoms with E-state index in [1.165, 1.54) is 5.56 Å². The van der Waals surface area contributed by atoms with Crippen molar-refractivity contribution in [1.82, 2.24) is 9.88 Å². The van der Waals surface area contributed by atoms with E-state index in [0.29, 0.717) is 11.2 Å². The fourth-order valence-corrected chi connectivity index (χ4v) is 3.74. The van der Waals surface area contributed by atoms with Crippen LogP contribution < -0.4 is 10.5 Å². The molecule has 0 aliphatic heterocycles. The van der Waals surface area contributed by atoms with E-state index in [4.69, 9.17) is 10.5 Å². The van der Waals surface area contributed by atoms with Gasteiger partial charge in [-0.15, -0.1) is 0 Å². The van der Waals surface area contributed by atoms with Gasteiger partial charge in [0.2, 0.25) is 0 Å². The Hall–Kier alpha value is -1.95. The lowest BCUT2D eigenvalue weighted by atomic mass is 10.1. The minimum absolute atomic E-state index is 0.556. The van der Waals surface area contributed by atoms with Gasteiger partial charge in [-0.2, -0.15) is 0 Å². The number of hydrogen-bond donors (Lipinski definition) is 1. The molecule has 5 heteroatoms. The second kappa shape index (κ2) is 9.12. The number of ether oxygens (including phenoxy) is 1. The summed E-state index contributed by atoms with van der Waals surface area (Å²) in [5.41, 5.74) is 7.96. The van der Waals surface area contributed by atoms with E-state index in [1.54, 1.807) is 11.3 Å². The average molecular weight is 370 g/mol. The third kappa shape index (κ3) is 4.81. The summed E-state index contributed by atoms with van der Waals surface area (Å²) < 4.78 is 7.08. The maximum Gasteiger partial charge on any atom is 0.279 e. The van der Waals surface area contributed by atoms with Gasteiger partial charge in [0.05, 0.1) is 10.2 Å². The van der Waals surface area contributed by atoms with Crippen LogP contribution in [0.4, 0.5) is 0 Å². The molecule has 0 radical (unpaired) electrons. The van der Waals surface area contributed by atoms with Crippen molar-refractivity contribution in [3.8, 4) is 10.9 Å². The first-order chi connectivity index (χ1) is 12.7. The minimum atomic E-state index is 0.556. The first-order valence-corrected chi connectivity index (χ1v) is 10.1. The van der Waals surface area contributed by atoms with Gasteiger partial charge in [0.15, 0.2) is 0 Å². The molecule has 26 heavy (non-hydrogen) atoms. The normalized spacial score (nSPS) is 12.6. The molecule has 138 valence electrons. The summed E-state index contributed by atoms with van der Waals surface area (Å²) in [4.78, 5) is 7.02. The van der Waals surface area contributed by atoms with Crippen molar-refractivity contribution in [3.05, 3.63) is 54.1 Å². The Kier molecular flexibility index (Phi) is 6.61. The van der Waals surface area contributed by atoms with Crippen LogP contribution in [0.15, 0.2) is 48.5 Å². The molecule has 0 amide bonds. The second-order valence-electron chi connectivity index (χ2n) is 6.56. The van der Waals surface area contributed by atoms with E-state index < -0.39 is 0 Å². The Bertz CT molecular complexity index is 782. The number of nitrogens with zero attached hydrogens (tertiary/aromatic N) is 2. The molecule has 1 heterocycles. The van der Waals surface area contributed by atoms with Crippen LogP contribution in [0.1, 0.15) is 32.3 Å². The summed E-state index contributed by atoms with van der Waals surface area (Å²) in [5, 5.41) is 0.683. The van der Waals surface area contributed by atoms with E-state index in [-0.39, 0.29) is 0 Å². The van der Waals surface area contributed by atoms with Crippen molar-refractivity contribution in [2.24, 2.45) is 5.73 Å². The van der Waals surface area contributed by atoms with E-state index in [0.717, 1.165) is 48.4 Å². The lowest BCUT2D eigenvalue weighted by Crippen LogP contribution is -2.33. The van der Waals surface area contributed by atoms with Gasteiger partial charge in [-0.25, -0.2) is 4.98 Å².